The second-order valence-electron chi connectivity index (χ2n) is 5.66. The molecule has 0 spiro atoms. The molecule has 2 N–H and O–H groups in total. The van der Waals surface area contributed by atoms with E-state index in [1.54, 1.807) is 0 Å². The summed E-state index contributed by atoms with van der Waals surface area (Å²) in [6, 6.07) is 6.69. The first-order valence-corrected chi connectivity index (χ1v) is 7.98. The summed E-state index contributed by atoms with van der Waals surface area (Å²) in [5.74, 6) is 1.93. The van der Waals surface area contributed by atoms with Crippen molar-refractivity contribution in [3.05, 3.63) is 18.2 Å². The number of nitrogens with one attached hydrogen (secondary N) is 2. The van der Waals surface area contributed by atoms with Crippen LogP contribution in [0.5, 0.6) is 0 Å². The summed E-state index contributed by atoms with van der Waals surface area (Å²) in [5, 5.41) is 6.79. The summed E-state index contributed by atoms with van der Waals surface area (Å²) in [6.45, 7) is 8.89. The van der Waals surface area contributed by atoms with Crippen LogP contribution in [-0.4, -0.2) is 42.1 Å². The van der Waals surface area contributed by atoms with Gasteiger partial charge in [-0.2, -0.15) is 0 Å². The van der Waals surface area contributed by atoms with E-state index in [-0.39, 0.29) is 0 Å². The van der Waals surface area contributed by atoms with Crippen LogP contribution in [0.1, 0.15) is 39.5 Å². The van der Waals surface area contributed by atoms with Gasteiger partial charge in [0.2, 0.25) is 0 Å². The smallest absolute Gasteiger partial charge is 0.128 e. The molecule has 0 aromatic carbocycles. The van der Waals surface area contributed by atoms with Crippen molar-refractivity contribution in [1.29, 1.82) is 0 Å². The highest BCUT2D eigenvalue weighted by Gasteiger charge is 2.16. The van der Waals surface area contributed by atoms with Gasteiger partial charge in [0.25, 0.3) is 0 Å². The molecule has 4 heteroatoms. The summed E-state index contributed by atoms with van der Waals surface area (Å²) in [5.41, 5.74) is 0. The Morgan fingerprint density at radius 3 is 2.55 bits per heavy atom. The largest absolute Gasteiger partial charge is 0.370 e. The van der Waals surface area contributed by atoms with Crippen LogP contribution in [0.15, 0.2) is 18.2 Å². The van der Waals surface area contributed by atoms with Crippen molar-refractivity contribution in [1.82, 2.24) is 9.88 Å². The summed E-state index contributed by atoms with van der Waals surface area (Å²) in [4.78, 5) is 7.17. The van der Waals surface area contributed by atoms with Crippen molar-refractivity contribution < 1.29 is 0 Å². The van der Waals surface area contributed by atoms with Crippen molar-refractivity contribution in [2.75, 3.05) is 36.8 Å². The standard InChI is InChI=1S/C16H28N4/c1-3-10-17-15-8-7-9-16(19-15)18-13-14(2)20-11-5-4-6-12-20/h7-9,14H,3-6,10-13H2,1-2H3,(H2,17,18,19). The molecule has 1 aromatic rings. The van der Waals surface area contributed by atoms with Crippen molar-refractivity contribution in [3.63, 3.8) is 0 Å². The Balaban J connectivity index is 1.80. The average Bonchev–Trinajstić information content (AvgIpc) is 2.52. The van der Waals surface area contributed by atoms with E-state index < -0.39 is 0 Å². The Morgan fingerprint density at radius 2 is 1.85 bits per heavy atom. The fraction of sp³-hybridized carbons (Fsp3) is 0.688. The molecule has 1 aromatic heterocycles. The molecule has 112 valence electrons. The summed E-state index contributed by atoms with van der Waals surface area (Å²) in [6.07, 6.45) is 5.20. The second kappa shape index (κ2) is 8.10. The third-order valence-corrected chi connectivity index (χ3v) is 3.90. The molecular formula is C16H28N4. The zero-order valence-electron chi connectivity index (χ0n) is 12.9. The Morgan fingerprint density at radius 1 is 1.15 bits per heavy atom. The number of anilines is 2. The second-order valence-corrected chi connectivity index (χ2v) is 5.66. The third kappa shape index (κ3) is 4.67. The first kappa shape index (κ1) is 15.1. The highest BCUT2D eigenvalue weighted by molar-refractivity contribution is 5.45. The van der Waals surface area contributed by atoms with E-state index in [9.17, 15) is 0 Å². The molecule has 4 nitrogen and oxygen atoms in total. The van der Waals surface area contributed by atoms with Crippen LogP contribution in [0.3, 0.4) is 0 Å². The Labute approximate surface area is 123 Å². The van der Waals surface area contributed by atoms with E-state index in [1.165, 1.54) is 32.4 Å². The lowest BCUT2D eigenvalue weighted by molar-refractivity contribution is 0.180. The fourth-order valence-corrected chi connectivity index (χ4v) is 2.63. The van der Waals surface area contributed by atoms with Gasteiger partial charge >= 0.3 is 0 Å². The van der Waals surface area contributed by atoms with Crippen LogP contribution in [0, 0.1) is 0 Å². The maximum absolute atomic E-state index is 4.59. The quantitative estimate of drug-likeness (QED) is 0.802. The number of rotatable bonds is 7. The molecule has 1 saturated heterocycles. The molecule has 0 amide bonds. The van der Waals surface area contributed by atoms with Crippen molar-refractivity contribution >= 4 is 11.6 Å². The van der Waals surface area contributed by atoms with Gasteiger partial charge in [-0.1, -0.05) is 19.4 Å². The Hall–Kier alpha value is -1.29. The zero-order valence-corrected chi connectivity index (χ0v) is 12.9. The number of nitrogens with zero attached hydrogens (tertiary/aromatic N) is 2. The Kier molecular flexibility index (Phi) is 6.12. The van der Waals surface area contributed by atoms with Crippen LogP contribution >= 0.6 is 0 Å². The predicted molar refractivity (Wildman–Crippen MR) is 86.4 cm³/mol. The van der Waals surface area contributed by atoms with Crippen molar-refractivity contribution in [2.24, 2.45) is 0 Å². The Bertz CT molecular complexity index is 388. The van der Waals surface area contributed by atoms with Gasteiger partial charge in [-0.3, -0.25) is 4.90 Å². The fourth-order valence-electron chi connectivity index (χ4n) is 2.63. The van der Waals surface area contributed by atoms with Gasteiger partial charge in [-0.15, -0.1) is 0 Å². The van der Waals surface area contributed by atoms with Crippen molar-refractivity contribution in [3.8, 4) is 0 Å². The number of hydrogen-bond donors (Lipinski definition) is 2. The molecule has 1 fully saturated rings. The first-order valence-electron chi connectivity index (χ1n) is 7.98. The summed E-state index contributed by atoms with van der Waals surface area (Å²) < 4.78 is 0. The highest BCUT2D eigenvalue weighted by atomic mass is 15.2. The normalized spacial score (nSPS) is 17.7. The first-order chi connectivity index (χ1) is 9.79. The summed E-state index contributed by atoms with van der Waals surface area (Å²) >= 11 is 0. The predicted octanol–water partition coefficient (Wildman–Crippen LogP) is 3.19. The van der Waals surface area contributed by atoms with Gasteiger partial charge in [0.1, 0.15) is 11.6 Å². The molecule has 20 heavy (non-hydrogen) atoms. The third-order valence-electron chi connectivity index (χ3n) is 3.90. The van der Waals surface area contributed by atoms with Gasteiger partial charge in [-0.05, 0) is 51.4 Å². The number of hydrogen-bond acceptors (Lipinski definition) is 4. The van der Waals surface area contributed by atoms with Crippen LogP contribution in [0.4, 0.5) is 11.6 Å². The van der Waals surface area contributed by atoms with E-state index in [0.29, 0.717) is 6.04 Å². The molecule has 1 unspecified atom stereocenters. The van der Waals surface area contributed by atoms with Crippen LogP contribution in [-0.2, 0) is 0 Å². The SMILES string of the molecule is CCCNc1cccc(NCC(C)N2CCCCC2)n1. The molecule has 0 bridgehead atoms. The lowest BCUT2D eigenvalue weighted by atomic mass is 10.1. The molecule has 1 aliphatic rings. The maximum Gasteiger partial charge on any atom is 0.128 e. The summed E-state index contributed by atoms with van der Waals surface area (Å²) in [7, 11) is 0. The lowest BCUT2D eigenvalue weighted by Gasteiger charge is -2.32. The molecule has 0 aliphatic carbocycles. The number of pyridine rings is 1. The highest BCUT2D eigenvalue weighted by Crippen LogP contribution is 2.13. The molecule has 2 rings (SSSR count). The van der Waals surface area contributed by atoms with E-state index in [0.717, 1.165) is 31.1 Å². The van der Waals surface area contributed by atoms with Crippen LogP contribution in [0.25, 0.3) is 0 Å². The van der Waals surface area contributed by atoms with E-state index in [2.05, 4.69) is 40.4 Å². The minimum atomic E-state index is 0.573. The molecule has 2 heterocycles. The van der Waals surface area contributed by atoms with E-state index in [1.807, 2.05) is 12.1 Å². The molecule has 0 saturated carbocycles. The molecule has 1 aliphatic heterocycles. The number of aromatic nitrogens is 1. The minimum absolute atomic E-state index is 0.573. The lowest BCUT2D eigenvalue weighted by Crippen LogP contribution is -2.41. The van der Waals surface area contributed by atoms with E-state index >= 15 is 0 Å². The van der Waals surface area contributed by atoms with Crippen LogP contribution in [0.2, 0.25) is 0 Å². The van der Waals surface area contributed by atoms with Crippen LogP contribution < -0.4 is 10.6 Å². The van der Waals surface area contributed by atoms with Gasteiger partial charge in [0, 0.05) is 19.1 Å². The number of piperidine rings is 1. The van der Waals surface area contributed by atoms with Gasteiger partial charge in [0.05, 0.1) is 0 Å². The van der Waals surface area contributed by atoms with Crippen molar-refractivity contribution in [2.45, 2.75) is 45.6 Å². The van der Waals surface area contributed by atoms with E-state index in [4.69, 9.17) is 0 Å². The topological polar surface area (TPSA) is 40.2 Å². The molecule has 1 atom stereocenters. The number of likely N-dealkylation sites (tertiary alicyclic amines) is 1. The minimum Gasteiger partial charge on any atom is -0.370 e. The zero-order chi connectivity index (χ0) is 14.2. The average molecular weight is 276 g/mol. The van der Waals surface area contributed by atoms with Gasteiger partial charge < -0.3 is 10.6 Å². The molecule has 0 radical (unpaired) electrons. The van der Waals surface area contributed by atoms with Gasteiger partial charge in [0.15, 0.2) is 0 Å². The van der Waals surface area contributed by atoms with Gasteiger partial charge in [-0.25, -0.2) is 4.98 Å². The monoisotopic (exact) mass is 276 g/mol. The maximum atomic E-state index is 4.59. The molecular weight excluding hydrogens is 248 g/mol.